The van der Waals surface area contributed by atoms with Crippen LogP contribution in [0.15, 0.2) is 18.2 Å². The fourth-order valence-electron chi connectivity index (χ4n) is 3.43. The largest absolute Gasteiger partial charge is 0.493 e. The SMILES string of the molecule is CCCCCC1SCC(C(=O)NC(C)C(C)C)N1C(=O)c1ccc(OC)c(OC)c1. The fraction of sp³-hybridized carbons (Fsp3) is 0.652. The van der Waals surface area contributed by atoms with Crippen LogP contribution >= 0.6 is 11.8 Å². The van der Waals surface area contributed by atoms with E-state index in [1.807, 2.05) is 6.92 Å². The molecule has 0 aliphatic carbocycles. The van der Waals surface area contributed by atoms with Crippen LogP contribution in [0.3, 0.4) is 0 Å². The van der Waals surface area contributed by atoms with Gasteiger partial charge in [-0.1, -0.05) is 40.0 Å². The van der Waals surface area contributed by atoms with E-state index in [4.69, 9.17) is 9.47 Å². The number of hydrogen-bond donors (Lipinski definition) is 1. The third-order valence-corrected chi connectivity index (χ3v) is 7.04. The molecule has 7 heteroatoms. The summed E-state index contributed by atoms with van der Waals surface area (Å²) >= 11 is 1.70. The molecule has 0 spiro atoms. The first-order chi connectivity index (χ1) is 14.3. The van der Waals surface area contributed by atoms with Gasteiger partial charge >= 0.3 is 0 Å². The average Bonchev–Trinajstić information content (AvgIpc) is 3.16. The van der Waals surface area contributed by atoms with Crippen LogP contribution in [-0.2, 0) is 4.79 Å². The van der Waals surface area contributed by atoms with Crippen LogP contribution in [0.2, 0.25) is 0 Å². The van der Waals surface area contributed by atoms with E-state index in [1.54, 1.807) is 49.1 Å². The van der Waals surface area contributed by atoms with Gasteiger partial charge in [-0.05, 0) is 37.5 Å². The van der Waals surface area contributed by atoms with Gasteiger partial charge in [0.25, 0.3) is 5.91 Å². The molecule has 6 nitrogen and oxygen atoms in total. The summed E-state index contributed by atoms with van der Waals surface area (Å²) in [6.07, 6.45) is 4.18. The van der Waals surface area contributed by atoms with E-state index < -0.39 is 6.04 Å². The van der Waals surface area contributed by atoms with E-state index in [0.717, 1.165) is 25.7 Å². The van der Waals surface area contributed by atoms with Gasteiger partial charge in [-0.3, -0.25) is 9.59 Å². The average molecular weight is 437 g/mol. The molecular weight excluding hydrogens is 400 g/mol. The highest BCUT2D eigenvalue weighted by molar-refractivity contribution is 8.00. The molecule has 0 radical (unpaired) electrons. The van der Waals surface area contributed by atoms with Crippen LogP contribution in [0.5, 0.6) is 11.5 Å². The first-order valence-electron chi connectivity index (χ1n) is 10.8. The molecule has 1 aromatic carbocycles. The molecule has 0 aromatic heterocycles. The highest BCUT2D eigenvalue weighted by Gasteiger charge is 2.42. The molecule has 1 aromatic rings. The lowest BCUT2D eigenvalue weighted by atomic mass is 10.1. The number of carbonyl (C=O) groups is 2. The Morgan fingerprint density at radius 3 is 2.47 bits per heavy atom. The van der Waals surface area contributed by atoms with Crippen molar-refractivity contribution in [2.45, 2.75) is 70.8 Å². The first-order valence-corrected chi connectivity index (χ1v) is 11.9. The molecular formula is C23H36N2O4S. The van der Waals surface area contributed by atoms with E-state index in [9.17, 15) is 9.59 Å². The lowest BCUT2D eigenvalue weighted by Crippen LogP contribution is -2.52. The second-order valence-electron chi connectivity index (χ2n) is 8.12. The standard InChI is InChI=1S/C23H36N2O4S/c1-7-8-9-10-21-25(18(14-30-21)22(26)24-16(4)15(2)3)23(27)17-11-12-19(28-5)20(13-17)29-6/h11-13,15-16,18,21H,7-10,14H2,1-6H3,(H,24,26). The van der Waals surface area contributed by atoms with Crippen LogP contribution < -0.4 is 14.8 Å². The zero-order valence-electron chi connectivity index (χ0n) is 19.1. The van der Waals surface area contributed by atoms with E-state index in [2.05, 4.69) is 26.1 Å². The smallest absolute Gasteiger partial charge is 0.255 e. The van der Waals surface area contributed by atoms with Crippen LogP contribution in [0.4, 0.5) is 0 Å². The van der Waals surface area contributed by atoms with E-state index in [0.29, 0.717) is 28.7 Å². The number of hydrogen-bond acceptors (Lipinski definition) is 5. The Labute approximate surface area is 185 Å². The molecule has 2 amide bonds. The van der Waals surface area contributed by atoms with Crippen molar-refractivity contribution >= 4 is 23.6 Å². The van der Waals surface area contributed by atoms with Crippen molar-refractivity contribution in [2.24, 2.45) is 5.92 Å². The fourth-order valence-corrected chi connectivity index (χ4v) is 4.89. The van der Waals surface area contributed by atoms with Crippen molar-refractivity contribution in [1.82, 2.24) is 10.2 Å². The normalized spacial score (nSPS) is 19.6. The van der Waals surface area contributed by atoms with Crippen molar-refractivity contribution in [3.05, 3.63) is 23.8 Å². The summed E-state index contributed by atoms with van der Waals surface area (Å²) in [5, 5.41) is 3.10. The van der Waals surface area contributed by atoms with Gasteiger partial charge in [0, 0.05) is 17.4 Å². The van der Waals surface area contributed by atoms with Gasteiger partial charge in [0.15, 0.2) is 11.5 Å². The molecule has 168 valence electrons. The third-order valence-electron chi connectivity index (χ3n) is 5.68. The quantitative estimate of drug-likeness (QED) is 0.553. The summed E-state index contributed by atoms with van der Waals surface area (Å²) < 4.78 is 10.7. The van der Waals surface area contributed by atoms with Crippen molar-refractivity contribution < 1.29 is 19.1 Å². The van der Waals surface area contributed by atoms with Crippen LogP contribution in [0.1, 0.15) is 63.7 Å². The molecule has 0 bridgehead atoms. The minimum Gasteiger partial charge on any atom is -0.493 e. The Morgan fingerprint density at radius 1 is 1.17 bits per heavy atom. The zero-order chi connectivity index (χ0) is 22.3. The van der Waals surface area contributed by atoms with Crippen molar-refractivity contribution in [3.63, 3.8) is 0 Å². The summed E-state index contributed by atoms with van der Waals surface area (Å²) in [6, 6.07) is 4.75. The second kappa shape index (κ2) is 11.5. The molecule has 1 N–H and O–H groups in total. The topological polar surface area (TPSA) is 67.9 Å². The number of ether oxygens (including phenoxy) is 2. The van der Waals surface area contributed by atoms with E-state index in [-0.39, 0.29) is 23.2 Å². The molecule has 1 heterocycles. The minimum atomic E-state index is -0.469. The summed E-state index contributed by atoms with van der Waals surface area (Å²) in [6.45, 7) is 8.32. The Hall–Kier alpha value is -1.89. The summed E-state index contributed by atoms with van der Waals surface area (Å²) in [5.41, 5.74) is 0.505. The number of benzene rings is 1. The number of rotatable bonds is 10. The van der Waals surface area contributed by atoms with Crippen molar-refractivity contribution in [2.75, 3.05) is 20.0 Å². The van der Waals surface area contributed by atoms with Crippen LogP contribution in [0.25, 0.3) is 0 Å². The van der Waals surface area contributed by atoms with Crippen LogP contribution in [-0.4, -0.2) is 54.1 Å². The third kappa shape index (κ3) is 5.84. The molecule has 2 rings (SSSR count). The molecule has 0 saturated carbocycles. The molecule has 1 aliphatic heterocycles. The highest BCUT2D eigenvalue weighted by Crippen LogP contribution is 2.36. The molecule has 30 heavy (non-hydrogen) atoms. The van der Waals surface area contributed by atoms with Crippen molar-refractivity contribution in [3.8, 4) is 11.5 Å². The molecule has 3 atom stereocenters. The maximum atomic E-state index is 13.5. The van der Waals surface area contributed by atoms with E-state index in [1.165, 1.54) is 0 Å². The number of methoxy groups -OCH3 is 2. The summed E-state index contributed by atoms with van der Waals surface area (Å²) in [7, 11) is 3.12. The Balaban J connectivity index is 2.29. The number of unbranched alkanes of at least 4 members (excludes halogenated alkanes) is 2. The first kappa shape index (κ1) is 24.4. The lowest BCUT2D eigenvalue weighted by molar-refractivity contribution is -0.125. The van der Waals surface area contributed by atoms with Gasteiger partial charge in [0.05, 0.1) is 19.6 Å². The summed E-state index contributed by atoms with van der Waals surface area (Å²) in [5.74, 6) is 1.82. The second-order valence-corrected chi connectivity index (χ2v) is 9.33. The van der Waals surface area contributed by atoms with Gasteiger partial charge in [0.1, 0.15) is 6.04 Å². The lowest BCUT2D eigenvalue weighted by Gasteiger charge is -2.30. The summed E-state index contributed by atoms with van der Waals surface area (Å²) in [4.78, 5) is 28.4. The monoisotopic (exact) mass is 436 g/mol. The van der Waals surface area contributed by atoms with Gasteiger partial charge in [-0.2, -0.15) is 0 Å². The number of nitrogens with zero attached hydrogens (tertiary/aromatic N) is 1. The number of thioether (sulfide) groups is 1. The highest BCUT2D eigenvalue weighted by atomic mass is 32.2. The predicted molar refractivity (Wildman–Crippen MR) is 122 cm³/mol. The number of carbonyl (C=O) groups excluding carboxylic acids is 2. The number of amides is 2. The Kier molecular flexibility index (Phi) is 9.34. The zero-order valence-corrected chi connectivity index (χ0v) is 19.9. The Morgan fingerprint density at radius 2 is 1.87 bits per heavy atom. The Bertz CT molecular complexity index is 725. The number of nitrogens with one attached hydrogen (secondary N) is 1. The maximum Gasteiger partial charge on any atom is 0.255 e. The molecule has 1 fully saturated rings. The van der Waals surface area contributed by atoms with Gasteiger partial charge in [-0.15, -0.1) is 11.8 Å². The van der Waals surface area contributed by atoms with Gasteiger partial charge in [-0.25, -0.2) is 0 Å². The molecule has 1 saturated heterocycles. The molecule has 3 unspecified atom stereocenters. The predicted octanol–water partition coefficient (Wildman–Crippen LogP) is 4.33. The van der Waals surface area contributed by atoms with Crippen molar-refractivity contribution in [1.29, 1.82) is 0 Å². The van der Waals surface area contributed by atoms with Gasteiger partial charge in [0.2, 0.25) is 5.91 Å². The molecule has 1 aliphatic rings. The van der Waals surface area contributed by atoms with E-state index >= 15 is 0 Å². The van der Waals surface area contributed by atoms with Gasteiger partial charge < -0.3 is 19.7 Å². The minimum absolute atomic E-state index is 0.00209. The maximum absolute atomic E-state index is 13.5. The van der Waals surface area contributed by atoms with Crippen LogP contribution in [0, 0.1) is 5.92 Å².